The Morgan fingerprint density at radius 3 is 2.93 bits per heavy atom. The molecule has 1 atom stereocenters. The standard InChI is InChI=1S/C18H19N5O3S/c1-25-13-4-6-19-16(11-13)26-14-3-2-9-22(12-14)17(24)15-5-10-27-18(15)23-20-7-8-21-23/h4-8,10-11,14H,2-3,9,12H2,1H3/t14-/m1/s1. The molecule has 27 heavy (non-hydrogen) atoms. The van der Waals surface area contributed by atoms with Gasteiger partial charge in [0.2, 0.25) is 5.88 Å². The molecule has 0 spiro atoms. The lowest BCUT2D eigenvalue weighted by Gasteiger charge is -2.32. The summed E-state index contributed by atoms with van der Waals surface area (Å²) in [6, 6.07) is 5.34. The van der Waals surface area contributed by atoms with Crippen molar-refractivity contribution < 1.29 is 14.3 Å². The number of ether oxygens (including phenoxy) is 2. The molecular weight excluding hydrogens is 366 g/mol. The lowest BCUT2D eigenvalue weighted by atomic mass is 10.1. The largest absolute Gasteiger partial charge is 0.497 e. The number of carbonyl (C=O) groups excluding carboxylic acids is 1. The highest BCUT2D eigenvalue weighted by Gasteiger charge is 2.28. The minimum Gasteiger partial charge on any atom is -0.497 e. The van der Waals surface area contributed by atoms with Crippen LogP contribution in [0.5, 0.6) is 11.6 Å². The normalized spacial score (nSPS) is 16.9. The number of hydrogen-bond donors (Lipinski definition) is 0. The molecule has 0 bridgehead atoms. The quantitative estimate of drug-likeness (QED) is 0.671. The van der Waals surface area contributed by atoms with Gasteiger partial charge in [-0.25, -0.2) is 4.98 Å². The second-order valence-electron chi connectivity index (χ2n) is 6.13. The topological polar surface area (TPSA) is 82.4 Å². The molecule has 1 fully saturated rings. The van der Waals surface area contributed by atoms with E-state index in [0.717, 1.165) is 17.8 Å². The Kier molecular flexibility index (Phi) is 5.01. The summed E-state index contributed by atoms with van der Waals surface area (Å²) in [6.45, 7) is 1.21. The van der Waals surface area contributed by atoms with Gasteiger partial charge in [-0.1, -0.05) is 0 Å². The molecule has 4 heterocycles. The first-order chi connectivity index (χ1) is 13.2. The van der Waals surface area contributed by atoms with Crippen LogP contribution in [0.25, 0.3) is 5.00 Å². The number of rotatable bonds is 5. The van der Waals surface area contributed by atoms with E-state index in [1.807, 2.05) is 16.3 Å². The van der Waals surface area contributed by atoms with E-state index in [-0.39, 0.29) is 12.0 Å². The molecule has 9 heteroatoms. The molecule has 0 unspecified atom stereocenters. The van der Waals surface area contributed by atoms with Crippen molar-refractivity contribution in [2.24, 2.45) is 0 Å². The monoisotopic (exact) mass is 385 g/mol. The minimum atomic E-state index is -0.104. The molecule has 3 aromatic rings. The fourth-order valence-corrected chi connectivity index (χ4v) is 3.89. The van der Waals surface area contributed by atoms with Crippen molar-refractivity contribution in [1.29, 1.82) is 0 Å². The highest BCUT2D eigenvalue weighted by molar-refractivity contribution is 7.12. The zero-order valence-electron chi connectivity index (χ0n) is 14.8. The average Bonchev–Trinajstić information content (AvgIpc) is 3.39. The van der Waals surface area contributed by atoms with E-state index >= 15 is 0 Å². The van der Waals surface area contributed by atoms with Crippen LogP contribution in [0, 0.1) is 0 Å². The van der Waals surface area contributed by atoms with E-state index in [9.17, 15) is 4.79 Å². The van der Waals surface area contributed by atoms with Crippen molar-refractivity contribution in [3.05, 3.63) is 47.7 Å². The Morgan fingerprint density at radius 1 is 1.26 bits per heavy atom. The SMILES string of the molecule is COc1ccnc(O[C@@H]2CCCN(C(=O)c3ccsc3-n3nccn3)C2)c1. The molecule has 1 aliphatic heterocycles. The molecule has 4 rings (SSSR count). The predicted octanol–water partition coefficient (Wildman–Crippen LogP) is 2.42. The van der Waals surface area contributed by atoms with E-state index in [1.54, 1.807) is 37.8 Å². The van der Waals surface area contributed by atoms with Crippen molar-refractivity contribution >= 4 is 17.2 Å². The average molecular weight is 385 g/mol. The summed E-state index contributed by atoms with van der Waals surface area (Å²) in [5.41, 5.74) is 0.608. The van der Waals surface area contributed by atoms with Crippen LogP contribution in [0.15, 0.2) is 42.2 Å². The predicted molar refractivity (Wildman–Crippen MR) is 99.6 cm³/mol. The smallest absolute Gasteiger partial charge is 0.257 e. The highest BCUT2D eigenvalue weighted by Crippen LogP contribution is 2.25. The number of piperidine rings is 1. The number of carbonyl (C=O) groups is 1. The van der Waals surface area contributed by atoms with E-state index in [0.29, 0.717) is 30.3 Å². The molecule has 0 saturated carbocycles. The lowest BCUT2D eigenvalue weighted by Crippen LogP contribution is -2.44. The summed E-state index contributed by atoms with van der Waals surface area (Å²) in [7, 11) is 1.60. The molecular formula is C18H19N5O3S. The van der Waals surface area contributed by atoms with Gasteiger partial charge in [-0.2, -0.15) is 10.2 Å². The van der Waals surface area contributed by atoms with Crippen LogP contribution in [0.3, 0.4) is 0 Å². The third kappa shape index (κ3) is 3.77. The Labute approximate surface area is 160 Å². The fourth-order valence-electron chi connectivity index (χ4n) is 3.08. The van der Waals surface area contributed by atoms with Crippen molar-refractivity contribution in [1.82, 2.24) is 24.9 Å². The first-order valence-electron chi connectivity index (χ1n) is 8.65. The summed E-state index contributed by atoms with van der Waals surface area (Å²) in [5, 5.41) is 10.9. The summed E-state index contributed by atoms with van der Waals surface area (Å²) in [4.78, 5) is 20.6. The number of aromatic nitrogens is 4. The number of pyridine rings is 1. The van der Waals surface area contributed by atoms with Gasteiger partial charge in [0.15, 0.2) is 5.00 Å². The van der Waals surface area contributed by atoms with Gasteiger partial charge in [0, 0.05) is 18.8 Å². The zero-order valence-corrected chi connectivity index (χ0v) is 15.6. The Balaban J connectivity index is 1.47. The Hall–Kier alpha value is -2.94. The van der Waals surface area contributed by atoms with Crippen LogP contribution >= 0.6 is 11.3 Å². The number of thiophene rings is 1. The van der Waals surface area contributed by atoms with Crippen LogP contribution in [0.1, 0.15) is 23.2 Å². The molecule has 1 saturated heterocycles. The molecule has 0 aromatic carbocycles. The fraction of sp³-hybridized carbons (Fsp3) is 0.333. The molecule has 140 valence electrons. The zero-order chi connectivity index (χ0) is 18.6. The molecule has 8 nitrogen and oxygen atoms in total. The number of amides is 1. The van der Waals surface area contributed by atoms with E-state index in [1.165, 1.54) is 16.1 Å². The van der Waals surface area contributed by atoms with Gasteiger partial charge in [-0.3, -0.25) is 4.79 Å². The maximum absolute atomic E-state index is 13.0. The third-order valence-electron chi connectivity index (χ3n) is 4.37. The lowest BCUT2D eigenvalue weighted by molar-refractivity contribution is 0.0527. The van der Waals surface area contributed by atoms with Crippen molar-refractivity contribution in [3.8, 4) is 16.6 Å². The number of hydrogen-bond acceptors (Lipinski definition) is 7. The summed E-state index contributed by atoms with van der Waals surface area (Å²) in [5.74, 6) is 1.17. The summed E-state index contributed by atoms with van der Waals surface area (Å²) in [6.07, 6.45) is 6.49. The number of methoxy groups -OCH3 is 1. The van der Waals surface area contributed by atoms with Gasteiger partial charge >= 0.3 is 0 Å². The van der Waals surface area contributed by atoms with Gasteiger partial charge < -0.3 is 14.4 Å². The Morgan fingerprint density at radius 2 is 2.11 bits per heavy atom. The molecule has 1 amide bonds. The summed E-state index contributed by atoms with van der Waals surface area (Å²) < 4.78 is 11.2. The first kappa shape index (κ1) is 17.5. The van der Waals surface area contributed by atoms with Gasteiger partial charge in [-0.15, -0.1) is 16.1 Å². The van der Waals surface area contributed by atoms with Gasteiger partial charge in [0.05, 0.1) is 31.6 Å². The van der Waals surface area contributed by atoms with Crippen LogP contribution in [0.4, 0.5) is 0 Å². The second-order valence-corrected chi connectivity index (χ2v) is 7.02. The van der Waals surface area contributed by atoms with Crippen molar-refractivity contribution in [2.45, 2.75) is 18.9 Å². The van der Waals surface area contributed by atoms with E-state index in [2.05, 4.69) is 15.2 Å². The van der Waals surface area contributed by atoms with Crippen molar-refractivity contribution in [3.63, 3.8) is 0 Å². The maximum atomic E-state index is 13.0. The molecule has 1 aliphatic rings. The van der Waals surface area contributed by atoms with Crippen LogP contribution in [-0.4, -0.2) is 57.1 Å². The first-order valence-corrected chi connectivity index (χ1v) is 9.52. The Bertz CT molecular complexity index is 911. The van der Waals surface area contributed by atoms with Crippen LogP contribution in [0.2, 0.25) is 0 Å². The maximum Gasteiger partial charge on any atom is 0.257 e. The van der Waals surface area contributed by atoms with Crippen LogP contribution in [-0.2, 0) is 0 Å². The summed E-state index contributed by atoms with van der Waals surface area (Å²) >= 11 is 1.44. The van der Waals surface area contributed by atoms with E-state index in [4.69, 9.17) is 9.47 Å². The van der Waals surface area contributed by atoms with Gasteiger partial charge in [-0.05, 0) is 30.4 Å². The second kappa shape index (κ2) is 7.75. The molecule has 0 radical (unpaired) electrons. The minimum absolute atomic E-state index is 0.0320. The van der Waals surface area contributed by atoms with Gasteiger partial charge in [0.1, 0.15) is 11.9 Å². The highest BCUT2D eigenvalue weighted by atomic mass is 32.1. The molecule has 0 aliphatic carbocycles. The van der Waals surface area contributed by atoms with E-state index < -0.39 is 0 Å². The molecule has 0 N–H and O–H groups in total. The number of nitrogens with zero attached hydrogens (tertiary/aromatic N) is 5. The number of likely N-dealkylation sites (tertiary alicyclic amines) is 1. The third-order valence-corrected chi connectivity index (χ3v) is 5.25. The van der Waals surface area contributed by atoms with Crippen molar-refractivity contribution in [2.75, 3.05) is 20.2 Å². The molecule has 3 aromatic heterocycles. The van der Waals surface area contributed by atoms with Crippen LogP contribution < -0.4 is 9.47 Å². The van der Waals surface area contributed by atoms with Gasteiger partial charge in [0.25, 0.3) is 5.91 Å².